The third-order valence-electron chi connectivity index (χ3n) is 3.83. The SMILES string of the molecule is CC(C)COc1ccc(NC(=O)CNc2cccc(NC(=O)C(C)C)c2)cc1. The molecule has 3 N–H and O–H groups in total. The molecular formula is C22H29N3O3. The van der Waals surface area contributed by atoms with Crippen molar-refractivity contribution in [2.24, 2.45) is 11.8 Å². The van der Waals surface area contributed by atoms with Gasteiger partial charge in [0.05, 0.1) is 13.2 Å². The van der Waals surface area contributed by atoms with E-state index < -0.39 is 0 Å². The van der Waals surface area contributed by atoms with E-state index in [1.54, 1.807) is 6.07 Å². The van der Waals surface area contributed by atoms with Crippen LogP contribution in [-0.2, 0) is 9.59 Å². The lowest BCUT2D eigenvalue weighted by atomic mass is 10.2. The molecule has 28 heavy (non-hydrogen) atoms. The van der Waals surface area contributed by atoms with Gasteiger partial charge in [-0.3, -0.25) is 9.59 Å². The quantitative estimate of drug-likeness (QED) is 0.601. The predicted octanol–water partition coefficient (Wildman–Crippen LogP) is 4.37. The van der Waals surface area contributed by atoms with Gasteiger partial charge >= 0.3 is 0 Å². The Hall–Kier alpha value is -3.02. The van der Waals surface area contributed by atoms with Crippen LogP contribution in [0.3, 0.4) is 0 Å². The van der Waals surface area contributed by atoms with E-state index in [9.17, 15) is 9.59 Å². The van der Waals surface area contributed by atoms with Crippen molar-refractivity contribution in [1.82, 2.24) is 0 Å². The first-order chi connectivity index (χ1) is 13.3. The molecule has 2 aromatic carbocycles. The van der Waals surface area contributed by atoms with Crippen LogP contribution in [0.1, 0.15) is 27.7 Å². The number of amides is 2. The van der Waals surface area contributed by atoms with Crippen LogP contribution in [-0.4, -0.2) is 25.0 Å². The first kappa shape index (κ1) is 21.3. The summed E-state index contributed by atoms with van der Waals surface area (Å²) in [5.41, 5.74) is 2.16. The molecule has 0 aliphatic rings. The van der Waals surface area contributed by atoms with Crippen LogP contribution in [0.5, 0.6) is 5.75 Å². The van der Waals surface area contributed by atoms with Gasteiger partial charge in [-0.15, -0.1) is 0 Å². The fraction of sp³-hybridized carbons (Fsp3) is 0.364. The normalized spacial score (nSPS) is 10.6. The summed E-state index contributed by atoms with van der Waals surface area (Å²) in [6, 6.07) is 14.6. The Balaban J connectivity index is 1.83. The highest BCUT2D eigenvalue weighted by Crippen LogP contribution is 2.17. The van der Waals surface area contributed by atoms with Crippen molar-refractivity contribution in [1.29, 1.82) is 0 Å². The van der Waals surface area contributed by atoms with Gasteiger partial charge in [-0.1, -0.05) is 33.8 Å². The Morgan fingerprint density at radius 3 is 2.21 bits per heavy atom. The Labute approximate surface area is 166 Å². The number of rotatable bonds is 9. The van der Waals surface area contributed by atoms with E-state index in [1.165, 1.54) is 0 Å². The fourth-order valence-electron chi connectivity index (χ4n) is 2.28. The van der Waals surface area contributed by atoms with Crippen molar-refractivity contribution in [3.8, 4) is 5.75 Å². The van der Waals surface area contributed by atoms with Gasteiger partial charge in [0.2, 0.25) is 11.8 Å². The lowest BCUT2D eigenvalue weighted by molar-refractivity contribution is -0.119. The Bertz CT molecular complexity index is 786. The van der Waals surface area contributed by atoms with Crippen LogP contribution in [0, 0.1) is 11.8 Å². The highest BCUT2D eigenvalue weighted by atomic mass is 16.5. The minimum atomic E-state index is -0.160. The largest absolute Gasteiger partial charge is 0.493 e. The molecule has 0 fully saturated rings. The molecule has 2 amide bonds. The third kappa shape index (κ3) is 7.31. The van der Waals surface area contributed by atoms with Gasteiger partial charge in [-0.05, 0) is 48.4 Å². The van der Waals surface area contributed by atoms with Crippen LogP contribution in [0.25, 0.3) is 0 Å². The number of carbonyl (C=O) groups excluding carboxylic acids is 2. The van der Waals surface area contributed by atoms with Crippen molar-refractivity contribution in [2.75, 3.05) is 29.1 Å². The third-order valence-corrected chi connectivity index (χ3v) is 3.83. The van der Waals surface area contributed by atoms with Gasteiger partial charge in [0.25, 0.3) is 0 Å². The average molecular weight is 383 g/mol. The second-order valence-corrected chi connectivity index (χ2v) is 7.36. The number of benzene rings is 2. The molecule has 150 valence electrons. The topological polar surface area (TPSA) is 79.5 Å². The molecule has 0 saturated heterocycles. The van der Waals surface area contributed by atoms with Crippen LogP contribution in [0.2, 0.25) is 0 Å². The van der Waals surface area contributed by atoms with E-state index in [1.807, 2.05) is 56.3 Å². The maximum Gasteiger partial charge on any atom is 0.243 e. The zero-order chi connectivity index (χ0) is 20.5. The number of anilines is 3. The van der Waals surface area contributed by atoms with Crippen molar-refractivity contribution in [3.05, 3.63) is 48.5 Å². The molecule has 6 heteroatoms. The van der Waals surface area contributed by atoms with Gasteiger partial charge in [-0.25, -0.2) is 0 Å². The Morgan fingerprint density at radius 2 is 1.57 bits per heavy atom. The van der Waals surface area contributed by atoms with E-state index >= 15 is 0 Å². The lowest BCUT2D eigenvalue weighted by Gasteiger charge is -2.12. The minimum absolute atomic E-state index is 0.0456. The molecular weight excluding hydrogens is 354 g/mol. The summed E-state index contributed by atoms with van der Waals surface area (Å²) >= 11 is 0. The molecule has 0 aliphatic carbocycles. The summed E-state index contributed by atoms with van der Waals surface area (Å²) in [4.78, 5) is 23.9. The van der Waals surface area contributed by atoms with E-state index in [4.69, 9.17) is 4.74 Å². The van der Waals surface area contributed by atoms with Crippen LogP contribution >= 0.6 is 0 Å². The second kappa shape index (κ2) is 10.3. The summed E-state index contributed by atoms with van der Waals surface area (Å²) in [6.07, 6.45) is 0. The average Bonchev–Trinajstić information content (AvgIpc) is 2.66. The molecule has 0 heterocycles. The van der Waals surface area contributed by atoms with Gasteiger partial charge in [0, 0.05) is 23.0 Å². The van der Waals surface area contributed by atoms with Gasteiger partial charge in [-0.2, -0.15) is 0 Å². The van der Waals surface area contributed by atoms with Gasteiger partial charge in [0.1, 0.15) is 5.75 Å². The zero-order valence-corrected chi connectivity index (χ0v) is 16.9. The van der Waals surface area contributed by atoms with Crippen molar-refractivity contribution in [3.63, 3.8) is 0 Å². The second-order valence-electron chi connectivity index (χ2n) is 7.36. The standard InChI is InChI=1S/C22H29N3O3/c1-15(2)14-28-20-10-8-17(9-11-20)24-21(26)13-23-18-6-5-7-19(12-18)25-22(27)16(3)4/h5-12,15-16,23H,13-14H2,1-4H3,(H,24,26)(H,25,27). The molecule has 0 saturated carbocycles. The highest BCUT2D eigenvalue weighted by molar-refractivity contribution is 5.94. The predicted molar refractivity (Wildman–Crippen MR) is 114 cm³/mol. The van der Waals surface area contributed by atoms with E-state index in [0.29, 0.717) is 23.9 Å². The molecule has 0 unspecified atom stereocenters. The molecule has 0 atom stereocenters. The molecule has 0 aliphatic heterocycles. The number of ether oxygens (including phenoxy) is 1. The zero-order valence-electron chi connectivity index (χ0n) is 16.9. The minimum Gasteiger partial charge on any atom is -0.493 e. The summed E-state index contributed by atoms with van der Waals surface area (Å²) < 4.78 is 5.63. The van der Waals surface area contributed by atoms with E-state index in [0.717, 1.165) is 11.4 Å². The molecule has 0 spiro atoms. The van der Waals surface area contributed by atoms with Crippen molar-refractivity contribution in [2.45, 2.75) is 27.7 Å². The summed E-state index contributed by atoms with van der Waals surface area (Å²) in [6.45, 7) is 8.64. The van der Waals surface area contributed by atoms with Gasteiger partial charge in [0.15, 0.2) is 0 Å². The smallest absolute Gasteiger partial charge is 0.243 e. The molecule has 6 nitrogen and oxygen atoms in total. The number of nitrogens with one attached hydrogen (secondary N) is 3. The van der Waals surface area contributed by atoms with Crippen LogP contribution < -0.4 is 20.7 Å². The van der Waals surface area contributed by atoms with Crippen molar-refractivity contribution < 1.29 is 14.3 Å². The summed E-state index contributed by atoms with van der Waals surface area (Å²) in [5, 5.41) is 8.74. The summed E-state index contributed by atoms with van der Waals surface area (Å²) in [7, 11) is 0. The first-order valence-corrected chi connectivity index (χ1v) is 9.51. The van der Waals surface area contributed by atoms with Crippen LogP contribution in [0.15, 0.2) is 48.5 Å². The molecule has 0 radical (unpaired) electrons. The molecule has 2 aromatic rings. The highest BCUT2D eigenvalue weighted by Gasteiger charge is 2.08. The molecule has 0 aromatic heterocycles. The first-order valence-electron chi connectivity index (χ1n) is 9.51. The van der Waals surface area contributed by atoms with Gasteiger partial charge < -0.3 is 20.7 Å². The van der Waals surface area contributed by atoms with E-state index in [-0.39, 0.29) is 24.3 Å². The molecule has 0 bridgehead atoms. The monoisotopic (exact) mass is 383 g/mol. The fourth-order valence-corrected chi connectivity index (χ4v) is 2.28. The van der Waals surface area contributed by atoms with Crippen LogP contribution in [0.4, 0.5) is 17.1 Å². The lowest BCUT2D eigenvalue weighted by Crippen LogP contribution is -2.22. The number of carbonyl (C=O) groups is 2. The maximum absolute atomic E-state index is 12.2. The van der Waals surface area contributed by atoms with E-state index in [2.05, 4.69) is 29.8 Å². The number of hydrogen-bond donors (Lipinski definition) is 3. The Kier molecular flexibility index (Phi) is 7.87. The maximum atomic E-state index is 12.2. The summed E-state index contributed by atoms with van der Waals surface area (Å²) in [5.74, 6) is 0.945. The number of hydrogen-bond acceptors (Lipinski definition) is 4. The molecule has 2 rings (SSSR count). The Morgan fingerprint density at radius 1 is 0.893 bits per heavy atom. The van der Waals surface area contributed by atoms with Crippen molar-refractivity contribution >= 4 is 28.9 Å².